The fourth-order valence-corrected chi connectivity index (χ4v) is 1.22. The Bertz CT molecular complexity index is 452. The summed E-state index contributed by atoms with van der Waals surface area (Å²) in [6, 6.07) is 8.59. The molecule has 0 saturated heterocycles. The summed E-state index contributed by atoms with van der Waals surface area (Å²) in [4.78, 5) is 11.6. The minimum Gasteiger partial charge on any atom is -0.352 e. The van der Waals surface area contributed by atoms with Crippen molar-refractivity contribution in [2.24, 2.45) is 0 Å². The Balaban J connectivity index is 2.54. The number of benzene rings is 1. The lowest BCUT2D eigenvalue weighted by molar-refractivity contribution is 0.0953. The predicted octanol–water partition coefficient (Wildman–Crippen LogP) is 1.70. The van der Waals surface area contributed by atoms with Crippen molar-refractivity contribution in [2.75, 3.05) is 6.54 Å². The molecule has 1 amide bonds. The summed E-state index contributed by atoms with van der Waals surface area (Å²) in [5.41, 5.74) is 0.982. The van der Waals surface area contributed by atoms with Gasteiger partial charge in [-0.3, -0.25) is 4.79 Å². The molecule has 1 rings (SSSR count). The van der Waals surface area contributed by atoms with Crippen molar-refractivity contribution in [3.05, 3.63) is 35.4 Å². The monoisotopic (exact) mass is 212 g/mol. The van der Waals surface area contributed by atoms with Gasteiger partial charge < -0.3 is 5.32 Å². The van der Waals surface area contributed by atoms with Gasteiger partial charge in [0.1, 0.15) is 0 Å². The molecule has 0 radical (unpaired) electrons. The number of nitriles is 1. The zero-order valence-corrected chi connectivity index (χ0v) is 8.86. The van der Waals surface area contributed by atoms with Crippen LogP contribution in [0.15, 0.2) is 24.3 Å². The minimum absolute atomic E-state index is 0.172. The smallest absolute Gasteiger partial charge is 0.251 e. The van der Waals surface area contributed by atoms with Crippen molar-refractivity contribution >= 4 is 5.91 Å². The molecule has 0 spiro atoms. The predicted molar refractivity (Wildman–Crippen MR) is 61.6 cm³/mol. The van der Waals surface area contributed by atoms with Crippen LogP contribution in [0.4, 0.5) is 0 Å². The van der Waals surface area contributed by atoms with Crippen LogP contribution < -0.4 is 5.32 Å². The van der Waals surface area contributed by atoms with Crippen molar-refractivity contribution in [3.63, 3.8) is 0 Å². The van der Waals surface area contributed by atoms with Crippen molar-refractivity contribution < 1.29 is 4.79 Å². The lowest BCUT2D eigenvalue weighted by Crippen LogP contribution is -2.24. The van der Waals surface area contributed by atoms with Gasteiger partial charge in [0, 0.05) is 18.5 Å². The molecule has 0 saturated carbocycles. The van der Waals surface area contributed by atoms with Crippen LogP contribution in [-0.2, 0) is 0 Å². The average Bonchev–Trinajstić information content (AvgIpc) is 2.34. The lowest BCUT2D eigenvalue weighted by Gasteiger charge is -2.03. The molecule has 0 fully saturated rings. The Labute approximate surface area is 95.1 Å². The number of nitrogens with zero attached hydrogens (tertiary/aromatic N) is 1. The first kappa shape index (κ1) is 11.8. The van der Waals surface area contributed by atoms with E-state index in [-0.39, 0.29) is 5.91 Å². The highest BCUT2D eigenvalue weighted by Gasteiger charge is 2.04. The third-order valence-corrected chi connectivity index (χ3v) is 2.04. The molecule has 0 atom stereocenters. The van der Waals surface area contributed by atoms with Crippen LogP contribution >= 0.6 is 0 Å². The maximum Gasteiger partial charge on any atom is 0.251 e. The van der Waals surface area contributed by atoms with E-state index in [1.807, 2.05) is 6.07 Å². The van der Waals surface area contributed by atoms with Gasteiger partial charge in [0.25, 0.3) is 5.91 Å². The fourth-order valence-electron chi connectivity index (χ4n) is 1.22. The highest BCUT2D eigenvalue weighted by atomic mass is 16.1. The maximum absolute atomic E-state index is 11.6. The largest absolute Gasteiger partial charge is 0.352 e. The zero-order chi connectivity index (χ0) is 11.8. The number of carbonyl (C=O) groups is 1. The highest BCUT2D eigenvalue weighted by molar-refractivity contribution is 5.94. The molecule has 80 valence electrons. The van der Waals surface area contributed by atoms with Crippen LogP contribution in [-0.4, -0.2) is 12.5 Å². The van der Waals surface area contributed by atoms with E-state index in [4.69, 9.17) is 11.7 Å². The third-order valence-electron chi connectivity index (χ3n) is 2.04. The zero-order valence-electron chi connectivity index (χ0n) is 8.86. The normalized spacial score (nSPS) is 8.88. The van der Waals surface area contributed by atoms with E-state index in [1.54, 1.807) is 24.3 Å². The summed E-state index contributed by atoms with van der Waals surface area (Å²) in [6.07, 6.45) is 6.51. The van der Waals surface area contributed by atoms with Gasteiger partial charge in [-0.2, -0.15) is 5.26 Å². The number of terminal acetylenes is 1. The number of carbonyl (C=O) groups excluding carboxylic acids is 1. The van der Waals surface area contributed by atoms with Gasteiger partial charge in [-0.15, -0.1) is 12.3 Å². The van der Waals surface area contributed by atoms with Gasteiger partial charge in [-0.25, -0.2) is 0 Å². The van der Waals surface area contributed by atoms with E-state index in [1.165, 1.54) is 0 Å². The molecule has 1 N–H and O–H groups in total. The fraction of sp³-hybridized carbons (Fsp3) is 0.231. The first-order chi connectivity index (χ1) is 7.77. The van der Waals surface area contributed by atoms with Crippen LogP contribution in [0.5, 0.6) is 0 Å². The Kier molecular flexibility index (Phi) is 4.63. The molecular weight excluding hydrogens is 200 g/mol. The molecule has 1 aromatic rings. The molecule has 3 nitrogen and oxygen atoms in total. The van der Waals surface area contributed by atoms with Gasteiger partial charge >= 0.3 is 0 Å². The maximum atomic E-state index is 11.6. The van der Waals surface area contributed by atoms with Crippen LogP contribution in [0.3, 0.4) is 0 Å². The van der Waals surface area contributed by atoms with Crippen molar-refractivity contribution in [1.29, 1.82) is 5.26 Å². The van der Waals surface area contributed by atoms with Crippen molar-refractivity contribution in [3.8, 4) is 18.4 Å². The van der Waals surface area contributed by atoms with Crippen LogP contribution in [0.25, 0.3) is 0 Å². The molecule has 16 heavy (non-hydrogen) atoms. The van der Waals surface area contributed by atoms with Crippen molar-refractivity contribution in [1.82, 2.24) is 5.32 Å². The van der Waals surface area contributed by atoms with E-state index in [9.17, 15) is 4.79 Å². The van der Waals surface area contributed by atoms with Crippen LogP contribution in [0.1, 0.15) is 28.8 Å². The van der Waals surface area contributed by atoms with Crippen molar-refractivity contribution in [2.45, 2.75) is 12.8 Å². The summed E-state index contributed by atoms with van der Waals surface area (Å²) in [7, 11) is 0. The summed E-state index contributed by atoms with van der Waals surface area (Å²) >= 11 is 0. The molecule has 3 heteroatoms. The topological polar surface area (TPSA) is 52.9 Å². The van der Waals surface area contributed by atoms with Gasteiger partial charge in [0.15, 0.2) is 0 Å². The van der Waals surface area contributed by atoms with Crippen LogP contribution in [0.2, 0.25) is 0 Å². The molecule has 0 aliphatic heterocycles. The minimum atomic E-state index is -0.172. The van der Waals surface area contributed by atoms with E-state index < -0.39 is 0 Å². The summed E-state index contributed by atoms with van der Waals surface area (Å²) < 4.78 is 0. The third kappa shape index (κ3) is 3.48. The quantitative estimate of drug-likeness (QED) is 0.610. The Morgan fingerprint density at radius 3 is 3.00 bits per heavy atom. The summed E-state index contributed by atoms with van der Waals surface area (Å²) in [6.45, 7) is 0.555. The molecule has 1 aromatic carbocycles. The van der Waals surface area contributed by atoms with E-state index >= 15 is 0 Å². The van der Waals surface area contributed by atoms with E-state index in [0.717, 1.165) is 6.42 Å². The molecule has 0 aliphatic rings. The van der Waals surface area contributed by atoms with E-state index in [0.29, 0.717) is 24.1 Å². The molecule has 0 heterocycles. The second-order valence-electron chi connectivity index (χ2n) is 3.26. The Morgan fingerprint density at radius 1 is 1.50 bits per heavy atom. The summed E-state index contributed by atoms with van der Waals surface area (Å²) in [5, 5.41) is 11.4. The van der Waals surface area contributed by atoms with Gasteiger partial charge in [-0.1, -0.05) is 6.07 Å². The second-order valence-corrected chi connectivity index (χ2v) is 3.26. The average molecular weight is 212 g/mol. The molecule has 0 unspecified atom stereocenters. The number of unbranched alkanes of at least 4 members (excludes halogenated alkanes) is 1. The molecule has 0 aromatic heterocycles. The van der Waals surface area contributed by atoms with Gasteiger partial charge in [0.2, 0.25) is 0 Å². The highest BCUT2D eigenvalue weighted by Crippen LogP contribution is 2.03. The Morgan fingerprint density at radius 2 is 2.31 bits per heavy atom. The molecular formula is C13H12N2O. The number of hydrogen-bond acceptors (Lipinski definition) is 2. The number of nitrogens with one attached hydrogen (secondary N) is 1. The second kappa shape index (κ2) is 6.27. The first-order valence-corrected chi connectivity index (χ1v) is 4.99. The van der Waals surface area contributed by atoms with Gasteiger partial charge in [-0.05, 0) is 24.6 Å². The number of hydrogen-bond donors (Lipinski definition) is 1. The first-order valence-electron chi connectivity index (χ1n) is 4.99. The number of rotatable bonds is 4. The Hall–Kier alpha value is -2.26. The van der Waals surface area contributed by atoms with Crippen LogP contribution in [0, 0.1) is 23.7 Å². The summed E-state index contributed by atoms with van der Waals surface area (Å²) in [5.74, 6) is 2.33. The molecule has 0 aliphatic carbocycles. The van der Waals surface area contributed by atoms with E-state index in [2.05, 4.69) is 11.2 Å². The molecule has 0 bridgehead atoms. The van der Waals surface area contributed by atoms with Gasteiger partial charge in [0.05, 0.1) is 11.6 Å². The lowest BCUT2D eigenvalue weighted by atomic mass is 10.1. The standard InChI is InChI=1S/C13H12N2O/c1-2-3-4-8-15-13(16)12-7-5-6-11(9-12)10-14/h1,5-7,9H,3-4,8H2,(H,15,16). The SMILES string of the molecule is C#CCCCNC(=O)c1cccc(C#N)c1. The number of amides is 1.